The molecule has 0 radical (unpaired) electrons. The lowest BCUT2D eigenvalue weighted by Gasteiger charge is -2.30. The average Bonchev–Trinajstić information content (AvgIpc) is 3.30. The van der Waals surface area contributed by atoms with Crippen LogP contribution < -0.4 is 5.32 Å². The number of nitrogens with zero attached hydrogens (tertiary/aromatic N) is 4. The van der Waals surface area contributed by atoms with Crippen LogP contribution in [0.15, 0.2) is 78.1 Å². The molecule has 4 aromatic rings. The lowest BCUT2D eigenvalue weighted by Crippen LogP contribution is -2.41. The standard InChI is InChI=1S/C25H25N5O3S/c1-29-17-22(16-27-29)19-7-8-20-15-26-24(14-21(20)13-19)28-25(31)18-9-11-30(12-10-18)34(32,33)23-5-3-2-4-6-23/h2-8,13-18H,9-12H2,1H3,(H,26,28,31). The molecular formula is C25H25N5O3S. The van der Waals surface area contributed by atoms with Gasteiger partial charge < -0.3 is 5.32 Å². The molecule has 34 heavy (non-hydrogen) atoms. The van der Waals surface area contributed by atoms with Gasteiger partial charge in [0.25, 0.3) is 0 Å². The van der Waals surface area contributed by atoms with E-state index in [1.54, 1.807) is 41.2 Å². The number of benzene rings is 2. The molecule has 9 heteroatoms. The Balaban J connectivity index is 1.26. The number of anilines is 1. The predicted octanol–water partition coefficient (Wildman–Crippen LogP) is 3.67. The van der Waals surface area contributed by atoms with Gasteiger partial charge in [0, 0.05) is 49.4 Å². The maximum Gasteiger partial charge on any atom is 0.243 e. The molecule has 0 bridgehead atoms. The molecule has 0 atom stereocenters. The smallest absolute Gasteiger partial charge is 0.243 e. The SMILES string of the molecule is Cn1cc(-c2ccc3cnc(NC(=O)C4CCN(S(=O)(=O)c5ccccc5)CC4)cc3c2)cn1. The van der Waals surface area contributed by atoms with Crippen LogP contribution in [0.4, 0.5) is 5.82 Å². The van der Waals surface area contributed by atoms with E-state index >= 15 is 0 Å². The predicted molar refractivity (Wildman–Crippen MR) is 130 cm³/mol. The van der Waals surface area contributed by atoms with Crippen LogP contribution in [0.1, 0.15) is 12.8 Å². The van der Waals surface area contributed by atoms with E-state index in [1.807, 2.05) is 37.6 Å². The normalized spacial score (nSPS) is 15.4. The van der Waals surface area contributed by atoms with Crippen LogP contribution >= 0.6 is 0 Å². The van der Waals surface area contributed by atoms with Crippen molar-refractivity contribution in [2.45, 2.75) is 17.7 Å². The number of nitrogens with one attached hydrogen (secondary N) is 1. The molecule has 1 aliphatic heterocycles. The van der Waals surface area contributed by atoms with Gasteiger partial charge in [-0.3, -0.25) is 9.48 Å². The first kappa shape index (κ1) is 22.2. The summed E-state index contributed by atoms with van der Waals surface area (Å²) < 4.78 is 28.9. The van der Waals surface area contributed by atoms with Gasteiger partial charge in [0.2, 0.25) is 15.9 Å². The Morgan fingerprint density at radius 2 is 1.74 bits per heavy atom. The van der Waals surface area contributed by atoms with Gasteiger partial charge in [0.15, 0.2) is 0 Å². The summed E-state index contributed by atoms with van der Waals surface area (Å²) in [5, 5.41) is 9.09. The lowest BCUT2D eigenvalue weighted by molar-refractivity contribution is -0.120. The number of fused-ring (bicyclic) bond motifs is 1. The van der Waals surface area contributed by atoms with E-state index in [-0.39, 0.29) is 16.7 Å². The first-order chi connectivity index (χ1) is 16.4. The van der Waals surface area contributed by atoms with Crippen LogP contribution in [0.2, 0.25) is 0 Å². The van der Waals surface area contributed by atoms with Crippen molar-refractivity contribution in [1.29, 1.82) is 0 Å². The highest BCUT2D eigenvalue weighted by Crippen LogP contribution is 2.27. The van der Waals surface area contributed by atoms with Crippen molar-refractivity contribution in [2.24, 2.45) is 13.0 Å². The topological polar surface area (TPSA) is 97.2 Å². The number of aromatic nitrogens is 3. The van der Waals surface area contributed by atoms with E-state index in [0.29, 0.717) is 31.7 Å². The molecule has 0 saturated carbocycles. The average molecular weight is 476 g/mol. The summed E-state index contributed by atoms with van der Waals surface area (Å²) in [6, 6.07) is 16.3. The molecule has 1 aliphatic rings. The number of sulfonamides is 1. The molecule has 0 spiro atoms. The molecule has 174 valence electrons. The second-order valence-electron chi connectivity index (χ2n) is 8.51. The van der Waals surface area contributed by atoms with E-state index in [2.05, 4.69) is 21.5 Å². The van der Waals surface area contributed by atoms with Crippen LogP contribution in [-0.4, -0.2) is 46.5 Å². The van der Waals surface area contributed by atoms with Gasteiger partial charge in [-0.15, -0.1) is 0 Å². The van der Waals surface area contributed by atoms with Crippen LogP contribution in [-0.2, 0) is 21.9 Å². The zero-order valence-electron chi connectivity index (χ0n) is 18.8. The van der Waals surface area contributed by atoms with Crippen LogP contribution in [0.3, 0.4) is 0 Å². The Kier molecular flexibility index (Phi) is 5.89. The molecule has 1 fully saturated rings. The summed E-state index contributed by atoms with van der Waals surface area (Å²) in [6.45, 7) is 0.629. The summed E-state index contributed by atoms with van der Waals surface area (Å²) in [7, 11) is -1.66. The summed E-state index contributed by atoms with van der Waals surface area (Å²) in [5.41, 5.74) is 2.06. The van der Waals surface area contributed by atoms with E-state index in [0.717, 1.165) is 21.9 Å². The maximum absolute atomic E-state index is 12.9. The minimum Gasteiger partial charge on any atom is -0.310 e. The van der Waals surface area contributed by atoms with Crippen molar-refractivity contribution in [1.82, 2.24) is 19.1 Å². The molecule has 1 amide bonds. The number of rotatable bonds is 5. The van der Waals surface area contributed by atoms with Gasteiger partial charge >= 0.3 is 0 Å². The molecule has 0 aliphatic carbocycles. The Labute approximate surface area is 198 Å². The van der Waals surface area contributed by atoms with Crippen LogP contribution in [0.5, 0.6) is 0 Å². The van der Waals surface area contributed by atoms with E-state index < -0.39 is 10.0 Å². The molecule has 8 nitrogen and oxygen atoms in total. The summed E-state index contributed by atoms with van der Waals surface area (Å²) >= 11 is 0. The Morgan fingerprint density at radius 3 is 2.44 bits per heavy atom. The Hall–Kier alpha value is -3.56. The highest BCUT2D eigenvalue weighted by Gasteiger charge is 2.32. The van der Waals surface area contributed by atoms with Crippen molar-refractivity contribution in [3.8, 4) is 11.1 Å². The Bertz CT molecular complexity index is 1440. The largest absolute Gasteiger partial charge is 0.310 e. The summed E-state index contributed by atoms with van der Waals surface area (Å²) in [6.07, 6.45) is 6.45. The third-order valence-electron chi connectivity index (χ3n) is 6.22. The first-order valence-corrected chi connectivity index (χ1v) is 12.6. The monoisotopic (exact) mass is 475 g/mol. The minimum absolute atomic E-state index is 0.132. The van der Waals surface area contributed by atoms with E-state index in [9.17, 15) is 13.2 Å². The second kappa shape index (κ2) is 9.00. The number of carbonyl (C=O) groups excluding carboxylic acids is 1. The van der Waals surface area contributed by atoms with E-state index in [4.69, 9.17) is 0 Å². The first-order valence-electron chi connectivity index (χ1n) is 11.1. The Morgan fingerprint density at radius 1 is 0.971 bits per heavy atom. The van der Waals surface area contributed by atoms with Crippen molar-refractivity contribution in [2.75, 3.05) is 18.4 Å². The zero-order chi connectivity index (χ0) is 23.7. The third kappa shape index (κ3) is 4.44. The van der Waals surface area contributed by atoms with Crippen LogP contribution in [0, 0.1) is 5.92 Å². The molecule has 1 N–H and O–H groups in total. The fourth-order valence-electron chi connectivity index (χ4n) is 4.29. The fourth-order valence-corrected chi connectivity index (χ4v) is 5.78. The van der Waals surface area contributed by atoms with Gasteiger partial charge in [0.1, 0.15) is 5.82 Å². The summed E-state index contributed by atoms with van der Waals surface area (Å²) in [5.74, 6) is 0.0913. The fraction of sp³-hybridized carbons (Fsp3) is 0.240. The highest BCUT2D eigenvalue weighted by molar-refractivity contribution is 7.89. The quantitative estimate of drug-likeness (QED) is 0.475. The van der Waals surface area contributed by atoms with Gasteiger partial charge in [-0.1, -0.05) is 30.3 Å². The van der Waals surface area contributed by atoms with Crippen molar-refractivity contribution in [3.63, 3.8) is 0 Å². The molecule has 5 rings (SSSR count). The van der Waals surface area contributed by atoms with Gasteiger partial charge in [-0.25, -0.2) is 13.4 Å². The van der Waals surface area contributed by atoms with Crippen molar-refractivity contribution < 1.29 is 13.2 Å². The number of amides is 1. The number of pyridine rings is 1. The van der Waals surface area contributed by atoms with E-state index in [1.165, 1.54) is 4.31 Å². The number of hydrogen-bond acceptors (Lipinski definition) is 5. The molecule has 0 unspecified atom stereocenters. The zero-order valence-corrected chi connectivity index (χ0v) is 19.6. The van der Waals surface area contributed by atoms with Crippen molar-refractivity contribution >= 4 is 32.5 Å². The summed E-state index contributed by atoms with van der Waals surface area (Å²) in [4.78, 5) is 17.6. The number of carbonyl (C=O) groups is 1. The molecule has 2 aromatic heterocycles. The van der Waals surface area contributed by atoms with Gasteiger partial charge in [-0.05, 0) is 48.1 Å². The van der Waals surface area contributed by atoms with Crippen molar-refractivity contribution in [3.05, 3.63) is 73.2 Å². The van der Waals surface area contributed by atoms with Crippen LogP contribution in [0.25, 0.3) is 21.9 Å². The van der Waals surface area contributed by atoms with Gasteiger partial charge in [0.05, 0.1) is 11.1 Å². The number of piperidine rings is 1. The number of hydrogen-bond donors (Lipinski definition) is 1. The molecule has 3 heterocycles. The maximum atomic E-state index is 12.9. The highest BCUT2D eigenvalue weighted by atomic mass is 32.2. The molecule has 1 saturated heterocycles. The van der Waals surface area contributed by atoms with Gasteiger partial charge in [-0.2, -0.15) is 9.40 Å². The molecule has 2 aromatic carbocycles. The third-order valence-corrected chi connectivity index (χ3v) is 8.13. The minimum atomic E-state index is -3.54. The lowest BCUT2D eigenvalue weighted by atomic mass is 9.97. The number of aryl methyl sites for hydroxylation is 1. The second-order valence-corrected chi connectivity index (χ2v) is 10.5. The molecular weight excluding hydrogens is 450 g/mol.